The van der Waals surface area contributed by atoms with Gasteiger partial charge in [0.05, 0.1) is 0 Å². The van der Waals surface area contributed by atoms with E-state index in [0.29, 0.717) is 23.7 Å². The molecule has 0 saturated heterocycles. The van der Waals surface area contributed by atoms with E-state index in [2.05, 4.69) is 92.2 Å². The Bertz CT molecular complexity index is 910. The van der Waals surface area contributed by atoms with Crippen molar-refractivity contribution in [2.45, 2.75) is 131 Å². The summed E-state index contributed by atoms with van der Waals surface area (Å²) in [6, 6.07) is 1.93. The largest absolute Gasteiger partial charge is 0.416 e. The molecule has 0 saturated carbocycles. The van der Waals surface area contributed by atoms with Crippen LogP contribution in [0.2, 0.25) is 64.5 Å². The Morgan fingerprint density at radius 3 is 1.37 bits per heavy atom. The van der Waals surface area contributed by atoms with Crippen molar-refractivity contribution in [1.82, 2.24) is 0 Å². The van der Waals surface area contributed by atoms with E-state index in [1.54, 1.807) is 7.11 Å². The standard InChI is InChI=1S/C30H64O6Si5/c1-25-15-19-29(20-16-25)27(3)23-40(13,32-6)35-38(9,10)33-39(11,12)36-41(14,34-37(7,8)31-5)24-28(4)30-21-17-26(2)18-22-30/h15,17,27-30H,16,18-24H2,1-14H3. The van der Waals surface area contributed by atoms with Crippen LogP contribution in [-0.2, 0) is 25.3 Å². The van der Waals surface area contributed by atoms with E-state index < -0.39 is 42.8 Å². The SMILES string of the molecule is CO[Si](C)(C)O[Si](C)(CC(C)C1CC=C(C)CC1)O[Si](C)(C)O[Si](C)(C)O[Si](C)(CC(C)C1CC=C(C)CC1)OC. The molecule has 6 unspecified atom stereocenters. The lowest BCUT2D eigenvalue weighted by molar-refractivity contribution is 0.226. The van der Waals surface area contributed by atoms with Crippen molar-refractivity contribution in [3.63, 3.8) is 0 Å². The second-order valence-electron chi connectivity index (χ2n) is 14.8. The van der Waals surface area contributed by atoms with Crippen LogP contribution >= 0.6 is 0 Å². The molecule has 2 rings (SSSR count). The molecule has 11 heteroatoms. The second kappa shape index (κ2) is 15.1. The maximum atomic E-state index is 7.11. The van der Waals surface area contributed by atoms with Gasteiger partial charge in [0.15, 0.2) is 0 Å². The van der Waals surface area contributed by atoms with Crippen LogP contribution in [0.15, 0.2) is 23.3 Å². The predicted octanol–water partition coefficient (Wildman–Crippen LogP) is 9.36. The quantitative estimate of drug-likeness (QED) is 0.121. The van der Waals surface area contributed by atoms with Crippen LogP contribution < -0.4 is 0 Å². The molecule has 2 aliphatic rings. The number of rotatable bonds is 16. The zero-order valence-corrected chi connectivity index (χ0v) is 34.1. The van der Waals surface area contributed by atoms with Crippen LogP contribution in [0.4, 0.5) is 0 Å². The molecule has 0 heterocycles. The highest BCUT2D eigenvalue weighted by Crippen LogP contribution is 2.38. The normalized spacial score (nSPS) is 25.5. The Kier molecular flexibility index (Phi) is 13.8. The van der Waals surface area contributed by atoms with E-state index in [1.165, 1.54) is 43.3 Å². The minimum absolute atomic E-state index is 0.521. The van der Waals surface area contributed by atoms with E-state index in [0.717, 1.165) is 18.5 Å². The van der Waals surface area contributed by atoms with Crippen molar-refractivity contribution < 1.29 is 25.3 Å². The molecule has 0 N–H and O–H groups in total. The van der Waals surface area contributed by atoms with Crippen LogP contribution in [0.3, 0.4) is 0 Å². The summed E-state index contributed by atoms with van der Waals surface area (Å²) in [4.78, 5) is 0. The van der Waals surface area contributed by atoms with Crippen molar-refractivity contribution in [2.24, 2.45) is 23.7 Å². The Hall–Kier alpha value is 0.324. The predicted molar refractivity (Wildman–Crippen MR) is 184 cm³/mol. The summed E-state index contributed by atoms with van der Waals surface area (Å²) < 4.78 is 39.9. The van der Waals surface area contributed by atoms with Gasteiger partial charge in [-0.3, -0.25) is 0 Å². The molecule has 0 aromatic rings. The van der Waals surface area contributed by atoms with Crippen molar-refractivity contribution in [3.05, 3.63) is 23.3 Å². The number of hydrogen-bond acceptors (Lipinski definition) is 6. The van der Waals surface area contributed by atoms with Crippen LogP contribution in [0.5, 0.6) is 0 Å². The minimum atomic E-state index is -2.63. The summed E-state index contributed by atoms with van der Waals surface area (Å²) in [6.45, 7) is 26.6. The highest BCUT2D eigenvalue weighted by Gasteiger charge is 2.50. The molecule has 0 aliphatic heterocycles. The number of allylic oxidation sites excluding steroid dienone is 4. The highest BCUT2D eigenvalue weighted by atomic mass is 28.5. The fraction of sp³-hybridized carbons (Fsp3) is 0.867. The second-order valence-corrected chi connectivity index (χ2v) is 32.6. The van der Waals surface area contributed by atoms with Gasteiger partial charge in [0.2, 0.25) is 0 Å². The fourth-order valence-electron chi connectivity index (χ4n) is 7.01. The summed E-state index contributed by atoms with van der Waals surface area (Å²) in [7, 11) is -8.99. The molecular weight excluding hydrogens is 597 g/mol. The molecule has 0 aromatic carbocycles. The van der Waals surface area contributed by atoms with Gasteiger partial charge in [-0.1, -0.05) is 37.1 Å². The Labute approximate surface area is 259 Å². The topological polar surface area (TPSA) is 55.4 Å². The van der Waals surface area contributed by atoms with Crippen molar-refractivity contribution in [3.8, 4) is 0 Å². The third kappa shape index (κ3) is 12.7. The first-order chi connectivity index (χ1) is 18.7. The fourth-order valence-corrected chi connectivity index (χ4v) is 30.7. The first kappa shape index (κ1) is 37.5. The Balaban J connectivity index is 2.14. The van der Waals surface area contributed by atoms with E-state index in [9.17, 15) is 0 Å². The zero-order valence-electron chi connectivity index (χ0n) is 29.1. The van der Waals surface area contributed by atoms with Gasteiger partial charge in [0.1, 0.15) is 0 Å². The Morgan fingerprint density at radius 2 is 1.00 bits per heavy atom. The van der Waals surface area contributed by atoms with Crippen molar-refractivity contribution in [1.29, 1.82) is 0 Å². The molecular formula is C30H64O6Si5. The van der Waals surface area contributed by atoms with Gasteiger partial charge < -0.3 is 25.3 Å². The van der Waals surface area contributed by atoms with Crippen LogP contribution in [0, 0.1) is 23.7 Å². The molecule has 0 bridgehead atoms. The summed E-state index contributed by atoms with van der Waals surface area (Å²) in [6.07, 6.45) is 12.1. The highest BCUT2D eigenvalue weighted by molar-refractivity contribution is 6.89. The first-order valence-electron chi connectivity index (χ1n) is 15.9. The van der Waals surface area contributed by atoms with Gasteiger partial charge in [-0.25, -0.2) is 0 Å². The van der Waals surface area contributed by atoms with Gasteiger partial charge in [-0.2, -0.15) is 0 Å². The minimum Gasteiger partial charge on any atom is -0.416 e. The third-order valence-corrected chi connectivity index (χ3v) is 28.8. The lowest BCUT2D eigenvalue weighted by atomic mass is 9.83. The lowest BCUT2D eigenvalue weighted by Crippen LogP contribution is -2.61. The van der Waals surface area contributed by atoms with Gasteiger partial charge in [-0.15, -0.1) is 0 Å². The Morgan fingerprint density at radius 1 is 0.610 bits per heavy atom. The smallest absolute Gasteiger partial charge is 0.326 e. The summed E-state index contributed by atoms with van der Waals surface area (Å²) in [5, 5.41) is 0. The maximum Gasteiger partial charge on any atom is 0.326 e. The summed E-state index contributed by atoms with van der Waals surface area (Å²) in [5.74, 6) is 2.45. The molecule has 0 radical (unpaired) electrons. The lowest BCUT2D eigenvalue weighted by Gasteiger charge is -2.44. The van der Waals surface area contributed by atoms with E-state index in [4.69, 9.17) is 25.3 Å². The molecule has 240 valence electrons. The van der Waals surface area contributed by atoms with Gasteiger partial charge in [0.25, 0.3) is 0 Å². The molecule has 0 spiro atoms. The van der Waals surface area contributed by atoms with Crippen molar-refractivity contribution in [2.75, 3.05) is 14.2 Å². The number of hydrogen-bond donors (Lipinski definition) is 0. The van der Waals surface area contributed by atoms with Gasteiger partial charge >= 0.3 is 42.8 Å². The summed E-state index contributed by atoms with van der Waals surface area (Å²) in [5.41, 5.74) is 3.05. The van der Waals surface area contributed by atoms with Crippen LogP contribution in [-0.4, -0.2) is 57.0 Å². The summed E-state index contributed by atoms with van der Waals surface area (Å²) >= 11 is 0. The van der Waals surface area contributed by atoms with E-state index in [1.807, 2.05) is 7.11 Å². The van der Waals surface area contributed by atoms with Crippen LogP contribution in [0.1, 0.15) is 66.2 Å². The molecule has 0 fully saturated rings. The zero-order chi connectivity index (χ0) is 31.3. The monoisotopic (exact) mass is 660 g/mol. The van der Waals surface area contributed by atoms with Gasteiger partial charge in [-0.05, 0) is 141 Å². The average Bonchev–Trinajstić information content (AvgIpc) is 2.82. The van der Waals surface area contributed by atoms with E-state index >= 15 is 0 Å². The van der Waals surface area contributed by atoms with Gasteiger partial charge in [0, 0.05) is 14.2 Å². The molecule has 6 nitrogen and oxygen atoms in total. The molecule has 2 aliphatic carbocycles. The van der Waals surface area contributed by atoms with Crippen molar-refractivity contribution >= 4 is 42.8 Å². The molecule has 0 amide bonds. The van der Waals surface area contributed by atoms with E-state index in [-0.39, 0.29) is 0 Å². The average molecular weight is 661 g/mol. The molecule has 6 atom stereocenters. The van der Waals surface area contributed by atoms with Crippen LogP contribution in [0.25, 0.3) is 0 Å². The molecule has 0 aromatic heterocycles. The third-order valence-electron chi connectivity index (χ3n) is 9.15. The maximum absolute atomic E-state index is 7.11. The molecule has 41 heavy (non-hydrogen) atoms. The first-order valence-corrected chi connectivity index (χ1v) is 29.4.